The molecule has 1 aliphatic rings. The number of halogens is 3. The van der Waals surface area contributed by atoms with E-state index >= 15 is 0 Å². The van der Waals surface area contributed by atoms with Gasteiger partial charge in [0.1, 0.15) is 0 Å². The minimum Gasteiger partial charge on any atom is -0.490 e. The summed E-state index contributed by atoms with van der Waals surface area (Å²) in [6.07, 6.45) is 3.76. The molecule has 0 aromatic heterocycles. The SMILES string of the molecule is CCNC(=NCc1cccc(OCC)c1OC(F)F)NCCC1CC1.I. The smallest absolute Gasteiger partial charge is 0.387 e. The lowest BCUT2D eigenvalue weighted by atomic mass is 10.2. The van der Waals surface area contributed by atoms with Gasteiger partial charge in [-0.25, -0.2) is 4.99 Å². The second-order valence-corrected chi connectivity index (χ2v) is 5.91. The molecule has 0 spiro atoms. The van der Waals surface area contributed by atoms with Gasteiger partial charge in [0.15, 0.2) is 17.5 Å². The van der Waals surface area contributed by atoms with E-state index < -0.39 is 6.61 Å². The van der Waals surface area contributed by atoms with Crippen LogP contribution in [0.3, 0.4) is 0 Å². The normalized spacial score (nSPS) is 14.0. The van der Waals surface area contributed by atoms with E-state index in [1.165, 1.54) is 12.8 Å². The third kappa shape index (κ3) is 7.92. The number of nitrogens with zero attached hydrogens (tertiary/aromatic N) is 1. The molecule has 26 heavy (non-hydrogen) atoms. The Morgan fingerprint density at radius 2 is 2.04 bits per heavy atom. The van der Waals surface area contributed by atoms with Gasteiger partial charge in [-0.05, 0) is 32.3 Å². The van der Waals surface area contributed by atoms with Crippen LogP contribution in [0.15, 0.2) is 23.2 Å². The molecule has 8 heteroatoms. The molecule has 2 N–H and O–H groups in total. The van der Waals surface area contributed by atoms with Crippen LogP contribution in [0, 0.1) is 5.92 Å². The second-order valence-electron chi connectivity index (χ2n) is 5.91. The molecule has 0 saturated heterocycles. The first-order chi connectivity index (χ1) is 12.1. The number of aliphatic imine (C=N–C) groups is 1. The summed E-state index contributed by atoms with van der Waals surface area (Å²) in [5.74, 6) is 1.87. The van der Waals surface area contributed by atoms with E-state index in [1.54, 1.807) is 25.1 Å². The lowest BCUT2D eigenvalue weighted by Crippen LogP contribution is -2.37. The fourth-order valence-electron chi connectivity index (χ4n) is 2.49. The minimum atomic E-state index is -2.91. The molecule has 0 unspecified atom stereocenters. The monoisotopic (exact) mass is 483 g/mol. The number of para-hydroxylation sites is 1. The van der Waals surface area contributed by atoms with Crippen LogP contribution in [0.1, 0.15) is 38.7 Å². The molecule has 1 aromatic carbocycles. The Balaban J connectivity index is 0.00000338. The van der Waals surface area contributed by atoms with Gasteiger partial charge in [0, 0.05) is 18.7 Å². The number of rotatable bonds is 10. The predicted molar refractivity (Wildman–Crippen MR) is 110 cm³/mol. The zero-order valence-corrected chi connectivity index (χ0v) is 17.6. The molecule has 148 valence electrons. The molecule has 0 heterocycles. The van der Waals surface area contributed by atoms with E-state index in [2.05, 4.69) is 20.4 Å². The predicted octanol–water partition coefficient (Wildman–Crippen LogP) is 4.16. The second kappa shape index (κ2) is 12.1. The summed E-state index contributed by atoms with van der Waals surface area (Å²) in [6.45, 7) is 3.06. The Morgan fingerprint density at radius 1 is 1.27 bits per heavy atom. The summed E-state index contributed by atoms with van der Waals surface area (Å²) in [5, 5.41) is 6.45. The first kappa shape index (κ1) is 22.7. The average Bonchev–Trinajstić information content (AvgIpc) is 3.39. The molecular formula is C18H28F2IN3O2. The van der Waals surface area contributed by atoms with Crippen molar-refractivity contribution in [3.8, 4) is 11.5 Å². The highest BCUT2D eigenvalue weighted by atomic mass is 127. The first-order valence-corrected chi connectivity index (χ1v) is 8.85. The maximum Gasteiger partial charge on any atom is 0.387 e. The average molecular weight is 483 g/mol. The van der Waals surface area contributed by atoms with Gasteiger partial charge < -0.3 is 20.1 Å². The molecule has 2 rings (SSSR count). The highest BCUT2D eigenvalue weighted by molar-refractivity contribution is 14.0. The van der Waals surface area contributed by atoms with E-state index in [9.17, 15) is 8.78 Å². The van der Waals surface area contributed by atoms with Gasteiger partial charge in [-0.3, -0.25) is 0 Å². The van der Waals surface area contributed by atoms with Gasteiger partial charge in [0.05, 0.1) is 13.2 Å². The molecule has 0 aliphatic heterocycles. The molecule has 1 fully saturated rings. The summed E-state index contributed by atoms with van der Waals surface area (Å²) >= 11 is 0. The van der Waals surface area contributed by atoms with Gasteiger partial charge in [-0.2, -0.15) is 8.78 Å². The van der Waals surface area contributed by atoms with Gasteiger partial charge in [-0.1, -0.05) is 25.0 Å². The van der Waals surface area contributed by atoms with E-state index in [4.69, 9.17) is 4.74 Å². The van der Waals surface area contributed by atoms with Crippen molar-refractivity contribution >= 4 is 29.9 Å². The molecule has 0 amide bonds. The molecule has 0 radical (unpaired) electrons. The maximum atomic E-state index is 12.8. The van der Waals surface area contributed by atoms with Crippen molar-refractivity contribution < 1.29 is 18.3 Å². The van der Waals surface area contributed by atoms with E-state index in [0.29, 0.717) is 23.9 Å². The van der Waals surface area contributed by atoms with Crippen molar-refractivity contribution in [2.45, 2.75) is 46.3 Å². The summed E-state index contributed by atoms with van der Waals surface area (Å²) in [6, 6.07) is 5.09. The van der Waals surface area contributed by atoms with Crippen LogP contribution in [-0.4, -0.2) is 32.3 Å². The zero-order valence-electron chi connectivity index (χ0n) is 15.3. The Labute approximate surface area is 171 Å². The van der Waals surface area contributed by atoms with Crippen LogP contribution in [0.5, 0.6) is 11.5 Å². The maximum absolute atomic E-state index is 12.8. The number of hydrogen-bond acceptors (Lipinski definition) is 3. The summed E-state index contributed by atoms with van der Waals surface area (Å²) in [7, 11) is 0. The van der Waals surface area contributed by atoms with Crippen LogP contribution in [-0.2, 0) is 6.54 Å². The molecule has 5 nitrogen and oxygen atoms in total. The third-order valence-corrected chi connectivity index (χ3v) is 3.86. The Hall–Kier alpha value is -1.32. The lowest BCUT2D eigenvalue weighted by molar-refractivity contribution is -0.0520. The number of ether oxygens (including phenoxy) is 2. The molecule has 0 bridgehead atoms. The highest BCUT2D eigenvalue weighted by Gasteiger charge is 2.20. The van der Waals surface area contributed by atoms with Crippen molar-refractivity contribution in [3.05, 3.63) is 23.8 Å². The third-order valence-electron chi connectivity index (χ3n) is 3.86. The number of nitrogens with one attached hydrogen (secondary N) is 2. The van der Waals surface area contributed by atoms with Crippen LogP contribution < -0.4 is 20.1 Å². The molecular weight excluding hydrogens is 455 g/mol. The van der Waals surface area contributed by atoms with Crippen molar-refractivity contribution in [1.82, 2.24) is 10.6 Å². The Kier molecular flexibility index (Phi) is 10.6. The summed E-state index contributed by atoms with van der Waals surface area (Å²) in [5.41, 5.74) is 0.561. The van der Waals surface area contributed by atoms with Crippen LogP contribution >= 0.6 is 24.0 Å². The van der Waals surface area contributed by atoms with Crippen molar-refractivity contribution in [1.29, 1.82) is 0 Å². The first-order valence-electron chi connectivity index (χ1n) is 8.85. The van der Waals surface area contributed by atoms with Gasteiger partial charge in [0.25, 0.3) is 0 Å². The fraction of sp³-hybridized carbons (Fsp3) is 0.611. The van der Waals surface area contributed by atoms with E-state index in [0.717, 1.165) is 25.4 Å². The van der Waals surface area contributed by atoms with Crippen LogP contribution in [0.4, 0.5) is 8.78 Å². The minimum absolute atomic E-state index is 0. The summed E-state index contributed by atoms with van der Waals surface area (Å²) in [4.78, 5) is 4.48. The standard InChI is InChI=1S/C18H27F2N3O2.HI/c1-3-21-18(22-11-10-13-8-9-13)23-12-14-6-5-7-15(24-4-2)16(14)25-17(19)20;/h5-7,13,17H,3-4,8-12H2,1-2H3,(H2,21,22,23);1H. The molecule has 1 aromatic rings. The van der Waals surface area contributed by atoms with Gasteiger partial charge >= 0.3 is 6.61 Å². The van der Waals surface area contributed by atoms with Gasteiger partial charge in [-0.15, -0.1) is 24.0 Å². The van der Waals surface area contributed by atoms with E-state index in [-0.39, 0.29) is 36.3 Å². The van der Waals surface area contributed by atoms with Crippen molar-refractivity contribution in [3.63, 3.8) is 0 Å². The highest BCUT2D eigenvalue weighted by Crippen LogP contribution is 2.33. The van der Waals surface area contributed by atoms with Crippen LogP contribution in [0.2, 0.25) is 0 Å². The van der Waals surface area contributed by atoms with E-state index in [1.807, 2.05) is 6.92 Å². The lowest BCUT2D eigenvalue weighted by Gasteiger charge is -2.15. The van der Waals surface area contributed by atoms with Crippen molar-refractivity contribution in [2.24, 2.45) is 10.9 Å². The zero-order chi connectivity index (χ0) is 18.1. The number of alkyl halides is 2. The number of benzene rings is 1. The largest absolute Gasteiger partial charge is 0.490 e. The van der Waals surface area contributed by atoms with Crippen LogP contribution in [0.25, 0.3) is 0 Å². The Bertz CT molecular complexity index is 569. The Morgan fingerprint density at radius 3 is 2.65 bits per heavy atom. The molecule has 0 atom stereocenters. The van der Waals surface area contributed by atoms with Gasteiger partial charge in [0.2, 0.25) is 0 Å². The number of guanidine groups is 1. The molecule has 1 saturated carbocycles. The summed E-state index contributed by atoms with van der Waals surface area (Å²) < 4.78 is 35.6. The topological polar surface area (TPSA) is 54.9 Å². The fourth-order valence-corrected chi connectivity index (χ4v) is 2.49. The number of hydrogen-bond donors (Lipinski definition) is 2. The quantitative estimate of drug-likeness (QED) is 0.298. The van der Waals surface area contributed by atoms with Crippen molar-refractivity contribution in [2.75, 3.05) is 19.7 Å². The molecule has 1 aliphatic carbocycles.